The summed E-state index contributed by atoms with van der Waals surface area (Å²) in [6.45, 7) is 4.97. The van der Waals surface area contributed by atoms with Crippen LogP contribution in [0.2, 0.25) is 5.02 Å². The summed E-state index contributed by atoms with van der Waals surface area (Å²) < 4.78 is 0. The standard InChI is InChI=1S/C19H22ClN3O2/c1-2-4-18(24)21-10-3-5-17(14-21)23-12-11-22(19(23)25)13-15-6-8-16(20)9-7-15/h6-9,17H,3,5,10-14H2,1H3. The molecule has 1 atom stereocenters. The predicted molar refractivity (Wildman–Crippen MR) is 97.0 cm³/mol. The van der Waals surface area contributed by atoms with Crippen molar-refractivity contribution >= 4 is 23.5 Å². The lowest BCUT2D eigenvalue weighted by Gasteiger charge is -2.36. The smallest absolute Gasteiger partial charge is 0.320 e. The van der Waals surface area contributed by atoms with E-state index in [4.69, 9.17) is 11.6 Å². The molecule has 0 aliphatic carbocycles. The summed E-state index contributed by atoms with van der Waals surface area (Å²) in [5.74, 6) is 5.11. The molecule has 1 unspecified atom stereocenters. The number of amides is 3. The molecule has 2 fully saturated rings. The van der Waals surface area contributed by atoms with Gasteiger partial charge < -0.3 is 14.7 Å². The molecule has 1 aromatic carbocycles. The maximum atomic E-state index is 12.8. The predicted octanol–water partition coefficient (Wildman–Crippen LogP) is 2.59. The van der Waals surface area contributed by atoms with Crippen molar-refractivity contribution in [1.82, 2.24) is 14.7 Å². The molecule has 0 saturated carbocycles. The molecule has 132 valence electrons. The number of piperidine rings is 1. The average molecular weight is 360 g/mol. The van der Waals surface area contributed by atoms with Crippen molar-refractivity contribution in [2.45, 2.75) is 32.4 Å². The average Bonchev–Trinajstić information content (AvgIpc) is 2.98. The highest BCUT2D eigenvalue weighted by Gasteiger charge is 2.36. The van der Waals surface area contributed by atoms with E-state index in [1.807, 2.05) is 34.1 Å². The molecule has 2 aliphatic heterocycles. The van der Waals surface area contributed by atoms with Gasteiger partial charge >= 0.3 is 6.03 Å². The Bertz CT molecular complexity index is 708. The van der Waals surface area contributed by atoms with Crippen LogP contribution < -0.4 is 0 Å². The van der Waals surface area contributed by atoms with E-state index in [2.05, 4.69) is 11.8 Å². The van der Waals surface area contributed by atoms with Gasteiger partial charge in [-0.05, 0) is 43.4 Å². The number of rotatable bonds is 3. The van der Waals surface area contributed by atoms with Crippen molar-refractivity contribution in [2.75, 3.05) is 26.2 Å². The fourth-order valence-electron chi connectivity index (χ4n) is 3.48. The zero-order chi connectivity index (χ0) is 17.8. The first kappa shape index (κ1) is 17.6. The molecule has 0 bridgehead atoms. The number of urea groups is 1. The molecule has 0 N–H and O–H groups in total. The topological polar surface area (TPSA) is 43.9 Å². The monoisotopic (exact) mass is 359 g/mol. The molecular weight excluding hydrogens is 338 g/mol. The Kier molecular flexibility index (Phi) is 5.50. The molecule has 1 aromatic rings. The normalized spacial score (nSPS) is 20.5. The Hall–Kier alpha value is -2.19. The van der Waals surface area contributed by atoms with Crippen LogP contribution in [-0.2, 0) is 11.3 Å². The Labute approximate surface area is 153 Å². The highest BCUT2D eigenvalue weighted by molar-refractivity contribution is 6.30. The van der Waals surface area contributed by atoms with Crippen LogP contribution in [0.1, 0.15) is 25.3 Å². The van der Waals surface area contributed by atoms with Crippen molar-refractivity contribution in [3.8, 4) is 11.8 Å². The fraction of sp³-hybridized carbons (Fsp3) is 0.474. The van der Waals surface area contributed by atoms with Crippen LogP contribution in [0.15, 0.2) is 24.3 Å². The molecule has 6 heteroatoms. The minimum atomic E-state index is -0.142. The van der Waals surface area contributed by atoms with E-state index in [1.54, 1.807) is 11.8 Å². The third-order valence-electron chi connectivity index (χ3n) is 4.77. The van der Waals surface area contributed by atoms with Gasteiger partial charge in [-0.1, -0.05) is 29.7 Å². The summed E-state index contributed by atoms with van der Waals surface area (Å²) in [5, 5.41) is 0.695. The molecule has 0 spiro atoms. The fourth-order valence-corrected chi connectivity index (χ4v) is 3.60. The second kappa shape index (κ2) is 7.79. The lowest BCUT2D eigenvalue weighted by Crippen LogP contribution is -2.50. The number of likely N-dealkylation sites (tertiary alicyclic amines) is 1. The minimum absolute atomic E-state index is 0.0517. The number of hydrogen-bond donors (Lipinski definition) is 0. The summed E-state index contributed by atoms with van der Waals surface area (Å²) in [6.07, 6.45) is 1.84. The second-order valence-corrected chi connectivity index (χ2v) is 6.88. The van der Waals surface area contributed by atoms with Gasteiger partial charge in [-0.15, -0.1) is 0 Å². The Morgan fingerprint density at radius 3 is 2.72 bits per heavy atom. The molecule has 2 saturated heterocycles. The largest absolute Gasteiger partial charge is 0.330 e. The van der Waals surface area contributed by atoms with E-state index in [0.29, 0.717) is 31.2 Å². The summed E-state index contributed by atoms with van der Waals surface area (Å²) in [5.41, 5.74) is 1.07. The van der Waals surface area contributed by atoms with Crippen LogP contribution in [0.4, 0.5) is 4.79 Å². The van der Waals surface area contributed by atoms with Crippen molar-refractivity contribution in [1.29, 1.82) is 0 Å². The molecule has 25 heavy (non-hydrogen) atoms. The summed E-state index contributed by atoms with van der Waals surface area (Å²) >= 11 is 5.91. The summed E-state index contributed by atoms with van der Waals surface area (Å²) in [4.78, 5) is 30.3. The van der Waals surface area contributed by atoms with E-state index in [9.17, 15) is 9.59 Å². The van der Waals surface area contributed by atoms with E-state index >= 15 is 0 Å². The van der Waals surface area contributed by atoms with Crippen LogP contribution in [0, 0.1) is 11.8 Å². The zero-order valence-corrected chi connectivity index (χ0v) is 15.1. The van der Waals surface area contributed by atoms with Crippen LogP contribution in [0.5, 0.6) is 0 Å². The van der Waals surface area contributed by atoms with E-state index in [0.717, 1.165) is 24.9 Å². The molecular formula is C19H22ClN3O2. The van der Waals surface area contributed by atoms with Gasteiger partial charge in [-0.25, -0.2) is 4.79 Å². The van der Waals surface area contributed by atoms with Gasteiger partial charge in [0.05, 0.1) is 6.04 Å². The SMILES string of the molecule is CC#CC(=O)N1CCCC(N2CCN(Cc3ccc(Cl)cc3)C2=O)C1. The van der Waals surface area contributed by atoms with Gasteiger partial charge in [-0.2, -0.15) is 0 Å². The maximum absolute atomic E-state index is 12.8. The molecule has 0 aromatic heterocycles. The number of carbonyl (C=O) groups is 2. The molecule has 2 aliphatic rings. The van der Waals surface area contributed by atoms with Crippen molar-refractivity contribution in [3.05, 3.63) is 34.9 Å². The van der Waals surface area contributed by atoms with E-state index in [-0.39, 0.29) is 18.0 Å². The van der Waals surface area contributed by atoms with Crippen molar-refractivity contribution < 1.29 is 9.59 Å². The summed E-state index contributed by atoms with van der Waals surface area (Å²) in [6, 6.07) is 7.71. The molecule has 5 nitrogen and oxygen atoms in total. The highest BCUT2D eigenvalue weighted by atomic mass is 35.5. The summed E-state index contributed by atoms with van der Waals surface area (Å²) in [7, 11) is 0. The third-order valence-corrected chi connectivity index (χ3v) is 5.02. The van der Waals surface area contributed by atoms with Crippen LogP contribution in [0.25, 0.3) is 0 Å². The van der Waals surface area contributed by atoms with Gasteiger partial charge in [0.25, 0.3) is 5.91 Å². The van der Waals surface area contributed by atoms with Crippen molar-refractivity contribution in [3.63, 3.8) is 0 Å². The molecule has 3 rings (SSSR count). The third kappa shape index (κ3) is 4.08. The molecule has 0 radical (unpaired) electrons. The van der Waals surface area contributed by atoms with Crippen LogP contribution >= 0.6 is 11.6 Å². The lowest BCUT2D eigenvalue weighted by molar-refractivity contribution is -0.126. The first-order valence-corrected chi connectivity index (χ1v) is 8.98. The van der Waals surface area contributed by atoms with Crippen LogP contribution in [0.3, 0.4) is 0 Å². The van der Waals surface area contributed by atoms with Crippen molar-refractivity contribution in [2.24, 2.45) is 0 Å². The van der Waals surface area contributed by atoms with Gasteiger partial charge in [0, 0.05) is 37.7 Å². The van der Waals surface area contributed by atoms with Gasteiger partial charge in [0.1, 0.15) is 0 Å². The quantitative estimate of drug-likeness (QED) is 0.779. The number of hydrogen-bond acceptors (Lipinski definition) is 2. The Morgan fingerprint density at radius 1 is 1.24 bits per heavy atom. The van der Waals surface area contributed by atoms with Gasteiger partial charge in [-0.3, -0.25) is 4.79 Å². The molecule has 3 amide bonds. The number of benzene rings is 1. The van der Waals surface area contributed by atoms with Gasteiger partial charge in [0.2, 0.25) is 0 Å². The Morgan fingerprint density at radius 2 is 2.00 bits per heavy atom. The van der Waals surface area contributed by atoms with Crippen LogP contribution in [-0.4, -0.2) is 58.9 Å². The first-order valence-electron chi connectivity index (χ1n) is 8.60. The maximum Gasteiger partial charge on any atom is 0.320 e. The Balaban J connectivity index is 1.61. The molecule has 2 heterocycles. The lowest BCUT2D eigenvalue weighted by atomic mass is 10.0. The van der Waals surface area contributed by atoms with E-state index in [1.165, 1.54) is 0 Å². The minimum Gasteiger partial charge on any atom is -0.330 e. The van der Waals surface area contributed by atoms with Gasteiger partial charge in [0.15, 0.2) is 0 Å². The second-order valence-electron chi connectivity index (χ2n) is 6.45. The number of halogens is 1. The first-order chi connectivity index (χ1) is 12.1. The van der Waals surface area contributed by atoms with E-state index < -0.39 is 0 Å². The number of nitrogens with zero attached hydrogens (tertiary/aromatic N) is 3. The zero-order valence-electron chi connectivity index (χ0n) is 14.4. The highest BCUT2D eigenvalue weighted by Crippen LogP contribution is 2.22. The number of carbonyl (C=O) groups excluding carboxylic acids is 2.